The number of hydrogen-bond donors (Lipinski definition) is 2. The van der Waals surface area contributed by atoms with Crippen LogP contribution in [0.5, 0.6) is 0 Å². The normalized spacial score (nSPS) is 13.4. The molecule has 1 heterocycles. The summed E-state index contributed by atoms with van der Waals surface area (Å²) in [6.45, 7) is 2.62. The van der Waals surface area contributed by atoms with Crippen LogP contribution in [0.15, 0.2) is 48.5 Å². The number of carbonyl (C=O) groups excluding carboxylic acids is 3. The second-order valence-corrected chi connectivity index (χ2v) is 6.05. The first-order valence-electron chi connectivity index (χ1n) is 8.83. The molecule has 1 aliphatic rings. The lowest BCUT2D eigenvalue weighted by atomic mass is 10.1. The van der Waals surface area contributed by atoms with Gasteiger partial charge in [-0.2, -0.15) is 0 Å². The highest BCUT2D eigenvalue weighted by Gasteiger charge is 2.24. The Labute approximate surface area is 157 Å². The molecular weight excluding hydrogens is 346 g/mol. The van der Waals surface area contributed by atoms with Gasteiger partial charge in [-0.3, -0.25) is 14.9 Å². The molecule has 3 rings (SSSR count). The maximum absolute atomic E-state index is 12.7. The molecule has 0 radical (unpaired) electrons. The Morgan fingerprint density at radius 1 is 1.11 bits per heavy atom. The lowest BCUT2D eigenvalue weighted by molar-refractivity contribution is -0.117. The van der Waals surface area contributed by atoms with E-state index in [1.807, 2.05) is 12.1 Å². The van der Waals surface area contributed by atoms with Gasteiger partial charge in [0.15, 0.2) is 0 Å². The van der Waals surface area contributed by atoms with Crippen molar-refractivity contribution in [1.29, 1.82) is 0 Å². The second-order valence-electron chi connectivity index (χ2n) is 6.05. The molecule has 0 aliphatic carbocycles. The van der Waals surface area contributed by atoms with Gasteiger partial charge in [0.2, 0.25) is 5.91 Å². The fourth-order valence-corrected chi connectivity index (χ4v) is 2.94. The molecule has 140 valence electrons. The number of anilines is 3. The Kier molecular flexibility index (Phi) is 5.71. The van der Waals surface area contributed by atoms with E-state index in [0.29, 0.717) is 35.6 Å². The van der Waals surface area contributed by atoms with Gasteiger partial charge in [-0.15, -0.1) is 0 Å². The van der Waals surface area contributed by atoms with Gasteiger partial charge in [0.05, 0.1) is 18.0 Å². The zero-order valence-electron chi connectivity index (χ0n) is 15.0. The van der Waals surface area contributed by atoms with E-state index < -0.39 is 6.09 Å². The summed E-state index contributed by atoms with van der Waals surface area (Å²) in [7, 11) is 0. The lowest BCUT2D eigenvalue weighted by Crippen LogP contribution is -2.25. The summed E-state index contributed by atoms with van der Waals surface area (Å²) in [6, 6.07) is 13.8. The van der Waals surface area contributed by atoms with Crippen molar-refractivity contribution in [2.45, 2.75) is 19.8 Å². The van der Waals surface area contributed by atoms with Crippen LogP contribution >= 0.6 is 0 Å². The van der Waals surface area contributed by atoms with Crippen molar-refractivity contribution in [3.05, 3.63) is 54.1 Å². The minimum absolute atomic E-state index is 0.0531. The van der Waals surface area contributed by atoms with E-state index in [1.165, 1.54) is 0 Å². The summed E-state index contributed by atoms with van der Waals surface area (Å²) in [4.78, 5) is 37.9. The van der Waals surface area contributed by atoms with Crippen molar-refractivity contribution < 1.29 is 19.1 Å². The number of amides is 3. The van der Waals surface area contributed by atoms with Crippen LogP contribution in [0.3, 0.4) is 0 Å². The molecule has 0 spiro atoms. The predicted molar refractivity (Wildman–Crippen MR) is 103 cm³/mol. The quantitative estimate of drug-likeness (QED) is 0.845. The van der Waals surface area contributed by atoms with Crippen LogP contribution in [0, 0.1) is 0 Å². The van der Waals surface area contributed by atoms with Gasteiger partial charge in [-0.25, -0.2) is 4.79 Å². The molecule has 1 saturated heterocycles. The van der Waals surface area contributed by atoms with Crippen LogP contribution in [-0.4, -0.2) is 31.1 Å². The molecular formula is C20H21N3O4. The van der Waals surface area contributed by atoms with Crippen molar-refractivity contribution in [2.75, 3.05) is 28.7 Å². The van der Waals surface area contributed by atoms with Crippen molar-refractivity contribution in [2.24, 2.45) is 0 Å². The SMILES string of the molecule is CCOC(=O)Nc1cccc(C(=O)Nc2ccccc2N2CCCC2=O)c1. The van der Waals surface area contributed by atoms with Crippen LogP contribution in [-0.2, 0) is 9.53 Å². The largest absolute Gasteiger partial charge is 0.450 e. The first-order valence-corrected chi connectivity index (χ1v) is 8.83. The van der Waals surface area contributed by atoms with E-state index in [0.717, 1.165) is 6.42 Å². The van der Waals surface area contributed by atoms with Crippen molar-refractivity contribution in [1.82, 2.24) is 0 Å². The minimum atomic E-state index is -0.576. The van der Waals surface area contributed by atoms with Gasteiger partial charge >= 0.3 is 6.09 Å². The highest BCUT2D eigenvalue weighted by Crippen LogP contribution is 2.29. The predicted octanol–water partition coefficient (Wildman–Crippen LogP) is 3.63. The molecule has 1 fully saturated rings. The summed E-state index contributed by atoms with van der Waals surface area (Å²) >= 11 is 0. The number of nitrogens with zero attached hydrogens (tertiary/aromatic N) is 1. The number of nitrogens with one attached hydrogen (secondary N) is 2. The van der Waals surface area contributed by atoms with Crippen molar-refractivity contribution in [3.63, 3.8) is 0 Å². The number of ether oxygens (including phenoxy) is 1. The third-order valence-electron chi connectivity index (χ3n) is 4.16. The van der Waals surface area contributed by atoms with E-state index in [1.54, 1.807) is 48.2 Å². The maximum Gasteiger partial charge on any atom is 0.411 e. The van der Waals surface area contributed by atoms with Crippen LogP contribution in [0.2, 0.25) is 0 Å². The van der Waals surface area contributed by atoms with Gasteiger partial charge in [0.1, 0.15) is 0 Å². The Morgan fingerprint density at radius 3 is 2.67 bits per heavy atom. The van der Waals surface area contributed by atoms with E-state index in [-0.39, 0.29) is 18.4 Å². The summed E-state index contributed by atoms with van der Waals surface area (Å²) in [5, 5.41) is 5.42. The topological polar surface area (TPSA) is 87.7 Å². The third-order valence-corrected chi connectivity index (χ3v) is 4.16. The van der Waals surface area contributed by atoms with E-state index >= 15 is 0 Å². The average molecular weight is 367 g/mol. The zero-order chi connectivity index (χ0) is 19.2. The zero-order valence-corrected chi connectivity index (χ0v) is 15.0. The Bertz CT molecular complexity index is 866. The molecule has 3 amide bonds. The highest BCUT2D eigenvalue weighted by atomic mass is 16.5. The second kappa shape index (κ2) is 8.35. The fraction of sp³-hybridized carbons (Fsp3) is 0.250. The molecule has 7 heteroatoms. The Morgan fingerprint density at radius 2 is 1.93 bits per heavy atom. The van der Waals surface area contributed by atoms with Gasteiger partial charge in [-0.05, 0) is 43.7 Å². The van der Waals surface area contributed by atoms with Gasteiger partial charge < -0.3 is 15.0 Å². The molecule has 7 nitrogen and oxygen atoms in total. The Balaban J connectivity index is 1.76. The van der Waals surface area contributed by atoms with E-state index in [9.17, 15) is 14.4 Å². The molecule has 2 aromatic carbocycles. The number of rotatable bonds is 5. The molecule has 1 aliphatic heterocycles. The van der Waals surface area contributed by atoms with Crippen molar-refractivity contribution >= 4 is 35.0 Å². The van der Waals surface area contributed by atoms with Crippen LogP contribution < -0.4 is 15.5 Å². The summed E-state index contributed by atoms with van der Waals surface area (Å²) in [5.41, 5.74) is 2.10. The third kappa shape index (κ3) is 4.44. The van der Waals surface area contributed by atoms with E-state index in [2.05, 4.69) is 10.6 Å². The molecule has 27 heavy (non-hydrogen) atoms. The summed E-state index contributed by atoms with van der Waals surface area (Å²) < 4.78 is 4.84. The lowest BCUT2D eigenvalue weighted by Gasteiger charge is -2.20. The molecule has 0 saturated carbocycles. The van der Waals surface area contributed by atoms with Crippen LogP contribution in [0.4, 0.5) is 21.9 Å². The number of carbonyl (C=O) groups is 3. The first-order chi connectivity index (χ1) is 13.1. The summed E-state index contributed by atoms with van der Waals surface area (Å²) in [6.07, 6.45) is 0.750. The monoisotopic (exact) mass is 367 g/mol. The van der Waals surface area contributed by atoms with Gasteiger partial charge in [0, 0.05) is 24.2 Å². The maximum atomic E-state index is 12.7. The molecule has 0 bridgehead atoms. The fourth-order valence-electron chi connectivity index (χ4n) is 2.94. The number of para-hydroxylation sites is 2. The molecule has 2 N–H and O–H groups in total. The van der Waals surface area contributed by atoms with E-state index in [4.69, 9.17) is 4.74 Å². The smallest absolute Gasteiger partial charge is 0.411 e. The minimum Gasteiger partial charge on any atom is -0.450 e. The number of hydrogen-bond acceptors (Lipinski definition) is 4. The van der Waals surface area contributed by atoms with Gasteiger partial charge in [-0.1, -0.05) is 18.2 Å². The number of benzene rings is 2. The van der Waals surface area contributed by atoms with Gasteiger partial charge in [0.25, 0.3) is 5.91 Å². The van der Waals surface area contributed by atoms with Crippen LogP contribution in [0.1, 0.15) is 30.1 Å². The standard InChI is InChI=1S/C20H21N3O4/c1-2-27-20(26)21-15-8-5-7-14(13-15)19(25)22-16-9-3-4-10-17(16)23-12-6-11-18(23)24/h3-5,7-10,13H,2,6,11-12H2,1H3,(H,21,26)(H,22,25). The molecule has 0 unspecified atom stereocenters. The average Bonchev–Trinajstić information content (AvgIpc) is 3.08. The first kappa shape index (κ1) is 18.4. The summed E-state index contributed by atoms with van der Waals surface area (Å²) in [5.74, 6) is -0.279. The van der Waals surface area contributed by atoms with Crippen LogP contribution in [0.25, 0.3) is 0 Å². The molecule has 2 aromatic rings. The molecule has 0 aromatic heterocycles. The highest BCUT2D eigenvalue weighted by molar-refractivity contribution is 6.08. The molecule has 0 atom stereocenters. The van der Waals surface area contributed by atoms with Crippen molar-refractivity contribution in [3.8, 4) is 0 Å². The Hall–Kier alpha value is -3.35.